The molecule has 0 amide bonds. The van der Waals surface area contributed by atoms with Crippen LogP contribution in [0.3, 0.4) is 0 Å². The Morgan fingerprint density at radius 2 is 2.13 bits per heavy atom. The molecule has 0 bridgehead atoms. The molecule has 0 heterocycles. The maximum absolute atomic E-state index is 13.2. The van der Waals surface area contributed by atoms with Crippen molar-refractivity contribution in [3.05, 3.63) is 34.1 Å². The summed E-state index contributed by atoms with van der Waals surface area (Å²) < 4.78 is 13.2. The quantitative estimate of drug-likeness (QED) is 0.842. The lowest BCUT2D eigenvalue weighted by Gasteiger charge is -2.11. The van der Waals surface area contributed by atoms with Crippen LogP contribution in [-0.2, 0) is 6.42 Å². The van der Waals surface area contributed by atoms with Crippen LogP contribution in [0.1, 0.15) is 24.5 Å². The van der Waals surface area contributed by atoms with Crippen LogP contribution in [0, 0.1) is 18.7 Å². The largest absolute Gasteiger partial charge is 0.330 e. The fourth-order valence-electron chi connectivity index (χ4n) is 1.70. The van der Waals surface area contributed by atoms with Gasteiger partial charge in [0, 0.05) is 0 Å². The third-order valence-electron chi connectivity index (χ3n) is 2.51. The zero-order valence-electron chi connectivity index (χ0n) is 9.19. The highest BCUT2D eigenvalue weighted by Crippen LogP contribution is 2.22. The molecule has 0 saturated heterocycles. The van der Waals surface area contributed by atoms with E-state index < -0.39 is 0 Å². The van der Waals surface area contributed by atoms with Gasteiger partial charge in [-0.2, -0.15) is 0 Å². The molecule has 0 aliphatic rings. The normalized spacial score (nSPS) is 12.9. The Kier molecular flexibility index (Phi) is 4.55. The van der Waals surface area contributed by atoms with E-state index in [-0.39, 0.29) is 10.8 Å². The van der Waals surface area contributed by atoms with E-state index >= 15 is 0 Å². The Balaban J connectivity index is 2.78. The molecule has 1 aromatic carbocycles. The number of rotatable bonds is 4. The van der Waals surface area contributed by atoms with Crippen LogP contribution in [0.15, 0.2) is 12.1 Å². The zero-order chi connectivity index (χ0) is 11.4. The van der Waals surface area contributed by atoms with E-state index in [9.17, 15) is 4.39 Å². The fourth-order valence-corrected chi connectivity index (χ4v) is 1.99. The van der Waals surface area contributed by atoms with Gasteiger partial charge in [0.2, 0.25) is 0 Å². The van der Waals surface area contributed by atoms with Gasteiger partial charge in [-0.15, -0.1) is 0 Å². The second-order valence-corrected chi connectivity index (χ2v) is 4.50. The van der Waals surface area contributed by atoms with Crippen LogP contribution in [-0.4, -0.2) is 6.54 Å². The smallest absolute Gasteiger partial charge is 0.144 e. The van der Waals surface area contributed by atoms with E-state index in [2.05, 4.69) is 6.92 Å². The molecule has 0 fully saturated rings. The third-order valence-corrected chi connectivity index (χ3v) is 2.79. The summed E-state index contributed by atoms with van der Waals surface area (Å²) in [4.78, 5) is 0. The summed E-state index contributed by atoms with van der Waals surface area (Å²) in [6, 6.07) is 3.56. The molecule has 0 radical (unpaired) electrons. The molecule has 84 valence electrons. The molecule has 3 heteroatoms. The molecule has 1 unspecified atom stereocenters. The topological polar surface area (TPSA) is 26.0 Å². The molecule has 2 N–H and O–H groups in total. The highest BCUT2D eigenvalue weighted by Gasteiger charge is 2.08. The van der Waals surface area contributed by atoms with Gasteiger partial charge in [-0.25, -0.2) is 4.39 Å². The molecule has 0 aliphatic carbocycles. The second-order valence-electron chi connectivity index (χ2n) is 4.10. The summed E-state index contributed by atoms with van der Waals surface area (Å²) in [6.45, 7) is 4.56. The van der Waals surface area contributed by atoms with Crippen LogP contribution in [0.25, 0.3) is 0 Å². The van der Waals surface area contributed by atoms with E-state index in [0.29, 0.717) is 18.0 Å². The van der Waals surface area contributed by atoms with Crippen molar-refractivity contribution in [1.82, 2.24) is 0 Å². The van der Waals surface area contributed by atoms with Gasteiger partial charge in [0.15, 0.2) is 0 Å². The van der Waals surface area contributed by atoms with Crippen molar-refractivity contribution in [1.29, 1.82) is 0 Å². The monoisotopic (exact) mass is 229 g/mol. The Bertz CT molecular complexity index is 315. The summed E-state index contributed by atoms with van der Waals surface area (Å²) in [5.41, 5.74) is 7.17. The second kappa shape index (κ2) is 5.47. The van der Waals surface area contributed by atoms with Gasteiger partial charge >= 0.3 is 0 Å². The maximum atomic E-state index is 13.2. The minimum Gasteiger partial charge on any atom is -0.330 e. The van der Waals surface area contributed by atoms with Crippen molar-refractivity contribution in [2.75, 3.05) is 6.54 Å². The Hall–Kier alpha value is -0.600. The lowest BCUT2D eigenvalue weighted by molar-refractivity contribution is 0.537. The highest BCUT2D eigenvalue weighted by molar-refractivity contribution is 6.30. The first kappa shape index (κ1) is 12.5. The lowest BCUT2D eigenvalue weighted by Crippen LogP contribution is -2.08. The molecular formula is C12H17ClFN. The van der Waals surface area contributed by atoms with Crippen LogP contribution in [0.5, 0.6) is 0 Å². The Morgan fingerprint density at radius 3 is 2.67 bits per heavy atom. The summed E-state index contributed by atoms with van der Waals surface area (Å²) in [6.07, 6.45) is 1.88. The van der Waals surface area contributed by atoms with E-state index in [1.165, 1.54) is 0 Å². The number of hydrogen-bond acceptors (Lipinski definition) is 1. The summed E-state index contributed by atoms with van der Waals surface area (Å²) in [5.74, 6) is 0.197. The molecule has 0 aromatic heterocycles. The Labute approximate surface area is 95.4 Å². The summed E-state index contributed by atoms with van der Waals surface area (Å²) in [7, 11) is 0. The number of halogens is 2. The SMILES string of the molecule is Cc1cc(CC(C)CCN)cc(Cl)c1F. The number of nitrogens with two attached hydrogens (primary N) is 1. The first-order valence-corrected chi connectivity index (χ1v) is 5.57. The van der Waals surface area contributed by atoms with E-state index in [4.69, 9.17) is 17.3 Å². The standard InChI is InChI=1S/C12H17ClFN/c1-8(3-4-15)5-10-6-9(2)12(14)11(13)7-10/h6-8H,3-5,15H2,1-2H3. The molecule has 1 atom stereocenters. The average molecular weight is 230 g/mol. The minimum absolute atomic E-state index is 0.213. The zero-order valence-corrected chi connectivity index (χ0v) is 9.94. The average Bonchev–Trinajstić information content (AvgIpc) is 2.14. The van der Waals surface area contributed by atoms with Gasteiger partial charge in [0.05, 0.1) is 5.02 Å². The first-order valence-electron chi connectivity index (χ1n) is 5.19. The van der Waals surface area contributed by atoms with Gasteiger partial charge in [-0.05, 0) is 49.4 Å². The van der Waals surface area contributed by atoms with Gasteiger partial charge in [0.25, 0.3) is 0 Å². The number of aryl methyl sites for hydroxylation is 1. The predicted octanol–water partition coefficient (Wildman–Crippen LogP) is 3.31. The predicted molar refractivity (Wildman–Crippen MR) is 62.7 cm³/mol. The Morgan fingerprint density at radius 1 is 1.47 bits per heavy atom. The van der Waals surface area contributed by atoms with Crippen molar-refractivity contribution in [2.24, 2.45) is 11.7 Å². The van der Waals surface area contributed by atoms with E-state index in [0.717, 1.165) is 18.4 Å². The molecular weight excluding hydrogens is 213 g/mol. The van der Waals surface area contributed by atoms with E-state index in [1.807, 2.05) is 6.07 Å². The number of benzene rings is 1. The van der Waals surface area contributed by atoms with Crippen LogP contribution < -0.4 is 5.73 Å². The molecule has 0 aliphatic heterocycles. The van der Waals surface area contributed by atoms with Crippen molar-refractivity contribution < 1.29 is 4.39 Å². The molecule has 1 nitrogen and oxygen atoms in total. The molecule has 0 saturated carbocycles. The molecule has 1 aromatic rings. The first-order chi connectivity index (χ1) is 7.04. The third kappa shape index (κ3) is 3.47. The summed E-state index contributed by atoms with van der Waals surface area (Å²) >= 11 is 5.78. The van der Waals surface area contributed by atoms with Crippen LogP contribution >= 0.6 is 11.6 Å². The van der Waals surface area contributed by atoms with Gasteiger partial charge in [0.1, 0.15) is 5.82 Å². The van der Waals surface area contributed by atoms with Crippen molar-refractivity contribution >= 4 is 11.6 Å². The van der Waals surface area contributed by atoms with Crippen molar-refractivity contribution in [3.8, 4) is 0 Å². The van der Waals surface area contributed by atoms with Crippen LogP contribution in [0.4, 0.5) is 4.39 Å². The van der Waals surface area contributed by atoms with Crippen molar-refractivity contribution in [2.45, 2.75) is 26.7 Å². The highest BCUT2D eigenvalue weighted by atomic mass is 35.5. The van der Waals surface area contributed by atoms with Crippen molar-refractivity contribution in [3.63, 3.8) is 0 Å². The molecule has 1 rings (SSSR count). The van der Waals surface area contributed by atoms with Gasteiger partial charge in [-0.3, -0.25) is 0 Å². The van der Waals surface area contributed by atoms with Gasteiger partial charge < -0.3 is 5.73 Å². The van der Waals surface area contributed by atoms with Crippen LogP contribution in [0.2, 0.25) is 5.02 Å². The summed E-state index contributed by atoms with van der Waals surface area (Å²) in [5, 5.41) is 0.213. The minimum atomic E-state index is -0.313. The van der Waals surface area contributed by atoms with E-state index in [1.54, 1.807) is 13.0 Å². The van der Waals surface area contributed by atoms with Gasteiger partial charge in [-0.1, -0.05) is 24.6 Å². The fraction of sp³-hybridized carbons (Fsp3) is 0.500. The maximum Gasteiger partial charge on any atom is 0.144 e. The molecule has 15 heavy (non-hydrogen) atoms. The lowest BCUT2D eigenvalue weighted by atomic mass is 9.97. The number of hydrogen-bond donors (Lipinski definition) is 1. The molecule has 0 spiro atoms.